The molecule has 2 aromatic carbocycles. The van der Waals surface area contributed by atoms with Gasteiger partial charge in [0, 0.05) is 25.3 Å². The van der Waals surface area contributed by atoms with Crippen LogP contribution in [0.4, 0.5) is 0 Å². The maximum Gasteiger partial charge on any atom is 0.144 e. The van der Waals surface area contributed by atoms with E-state index in [0.717, 1.165) is 33.2 Å². The fourth-order valence-electron chi connectivity index (χ4n) is 2.95. The largest absolute Gasteiger partial charge is 0.455 e. The Morgan fingerprint density at radius 1 is 1.04 bits per heavy atom. The van der Waals surface area contributed by atoms with Crippen LogP contribution in [-0.4, -0.2) is 4.98 Å². The van der Waals surface area contributed by atoms with E-state index >= 15 is 0 Å². The van der Waals surface area contributed by atoms with Crippen LogP contribution in [0.3, 0.4) is 0 Å². The third-order valence-electron chi connectivity index (χ3n) is 3.90. The van der Waals surface area contributed by atoms with Gasteiger partial charge < -0.3 is 4.42 Å². The van der Waals surface area contributed by atoms with E-state index in [2.05, 4.69) is 4.98 Å². The molecule has 2 heteroatoms. The molecule has 2 heterocycles. The zero-order valence-corrected chi connectivity index (χ0v) is 13.2. The molecule has 0 N–H and O–H groups in total. The molecule has 0 aliphatic carbocycles. The number of aromatic nitrogens is 1. The van der Waals surface area contributed by atoms with E-state index in [1.165, 1.54) is 0 Å². The lowest BCUT2D eigenvalue weighted by atomic mass is 10.0. The number of hydrogen-bond donors (Lipinski definition) is 0. The van der Waals surface area contributed by atoms with Crippen LogP contribution in [0.5, 0.6) is 0 Å². The average molecular weight is 303 g/mol. The summed E-state index contributed by atoms with van der Waals surface area (Å²) in [4.78, 5) is 4.48. The van der Waals surface area contributed by atoms with Crippen LogP contribution in [0.1, 0.15) is 22.2 Å². The van der Waals surface area contributed by atoms with Crippen LogP contribution in [-0.2, 0) is 6.37 Å². The summed E-state index contributed by atoms with van der Waals surface area (Å²) in [5, 5.41) is 2.13. The van der Waals surface area contributed by atoms with Crippen LogP contribution >= 0.6 is 0 Å². The molecule has 114 valence electrons. The Bertz CT molecular complexity index is 1070. The molecule has 0 amide bonds. The molecule has 4 aromatic rings. The van der Waals surface area contributed by atoms with Crippen LogP contribution in [0.25, 0.3) is 33.2 Å². The van der Waals surface area contributed by atoms with Crippen molar-refractivity contribution in [3.8, 4) is 11.3 Å². The van der Waals surface area contributed by atoms with E-state index < -0.39 is 6.37 Å². The van der Waals surface area contributed by atoms with Crippen LogP contribution in [0, 0.1) is 5.92 Å². The molecule has 0 bridgehead atoms. The third kappa shape index (κ3) is 2.50. The number of para-hydroxylation sites is 2. The molecule has 0 radical (unpaired) electrons. The fourth-order valence-corrected chi connectivity index (χ4v) is 2.95. The summed E-state index contributed by atoms with van der Waals surface area (Å²) in [5.41, 5.74) is 3.89. The second-order valence-electron chi connectivity index (χ2n) is 6.01. The van der Waals surface area contributed by atoms with Crippen LogP contribution in [0.15, 0.2) is 65.2 Å². The van der Waals surface area contributed by atoms with Gasteiger partial charge in [-0.1, -0.05) is 44.2 Å². The quantitative estimate of drug-likeness (QED) is 0.474. The Hall–Kier alpha value is -2.61. The van der Waals surface area contributed by atoms with Gasteiger partial charge in [-0.05, 0) is 42.1 Å². The van der Waals surface area contributed by atoms with Crippen molar-refractivity contribution in [1.82, 2.24) is 4.98 Å². The summed E-state index contributed by atoms with van der Waals surface area (Å²) in [6, 6.07) is 17.6. The maximum atomic E-state index is 8.35. The highest BCUT2D eigenvalue weighted by molar-refractivity contribution is 6.09. The van der Waals surface area contributed by atoms with Gasteiger partial charge in [-0.25, -0.2) is 0 Å². The van der Waals surface area contributed by atoms with Gasteiger partial charge in [-0.15, -0.1) is 0 Å². The lowest BCUT2D eigenvalue weighted by Gasteiger charge is -2.07. The molecule has 0 saturated carbocycles. The summed E-state index contributed by atoms with van der Waals surface area (Å²) in [6.45, 7) is 3.78. The van der Waals surface area contributed by atoms with Crippen molar-refractivity contribution in [2.45, 2.75) is 20.2 Å². The average Bonchev–Trinajstić information content (AvgIpc) is 3.00. The second kappa shape index (κ2) is 5.54. The molecule has 2 nitrogen and oxygen atoms in total. The van der Waals surface area contributed by atoms with E-state index in [-0.39, 0.29) is 5.92 Å². The van der Waals surface area contributed by atoms with Crippen molar-refractivity contribution < 1.29 is 7.16 Å². The predicted octanol–water partition coefficient (Wildman–Crippen LogP) is 5.85. The van der Waals surface area contributed by atoms with E-state index in [9.17, 15) is 0 Å². The van der Waals surface area contributed by atoms with Gasteiger partial charge in [0.2, 0.25) is 0 Å². The van der Waals surface area contributed by atoms with Gasteiger partial charge >= 0.3 is 0 Å². The number of pyridine rings is 1. The molecule has 2 aromatic heterocycles. The van der Waals surface area contributed by atoms with Crippen LogP contribution < -0.4 is 0 Å². The van der Waals surface area contributed by atoms with Gasteiger partial charge in [0.25, 0.3) is 0 Å². The summed E-state index contributed by atoms with van der Waals surface area (Å²) >= 11 is 0. The molecule has 0 unspecified atom stereocenters. The first-order valence-electron chi connectivity index (χ1n) is 8.85. The van der Waals surface area contributed by atoms with Crippen molar-refractivity contribution in [1.29, 1.82) is 0 Å². The molecular formula is C21H19NO. The Kier molecular flexibility index (Phi) is 2.87. The van der Waals surface area contributed by atoms with Gasteiger partial charge in [-0.3, -0.25) is 4.98 Å². The van der Waals surface area contributed by atoms with Crippen molar-refractivity contribution in [3.05, 3.63) is 66.4 Å². The minimum Gasteiger partial charge on any atom is -0.455 e. The Morgan fingerprint density at radius 3 is 2.74 bits per heavy atom. The molecular weight excluding hydrogens is 282 g/mol. The standard InChI is InChI=1S/C21H19NO/c1-14(2)12-15-10-11-22-19(13-15)18-8-5-7-17-16-6-3-4-9-20(16)23-21(17)18/h3-11,13-14H,12H2,1-2H3/i12D2. The highest BCUT2D eigenvalue weighted by Gasteiger charge is 2.12. The maximum absolute atomic E-state index is 8.35. The second-order valence-corrected chi connectivity index (χ2v) is 6.01. The SMILES string of the molecule is [2H]C([2H])(c1ccnc(-c2cccc3c2oc2ccccc23)c1)C(C)C. The minimum atomic E-state index is -1.40. The van der Waals surface area contributed by atoms with Gasteiger partial charge in [0.15, 0.2) is 0 Å². The van der Waals surface area contributed by atoms with Crippen molar-refractivity contribution in [2.75, 3.05) is 0 Å². The number of fused-ring (bicyclic) bond motifs is 3. The van der Waals surface area contributed by atoms with Gasteiger partial charge in [0.1, 0.15) is 11.2 Å². The number of hydrogen-bond acceptors (Lipinski definition) is 2. The fraction of sp³-hybridized carbons (Fsp3) is 0.190. The third-order valence-corrected chi connectivity index (χ3v) is 3.90. The smallest absolute Gasteiger partial charge is 0.144 e. The zero-order chi connectivity index (χ0) is 17.6. The van der Waals surface area contributed by atoms with Crippen molar-refractivity contribution in [3.63, 3.8) is 0 Å². The highest BCUT2D eigenvalue weighted by Crippen LogP contribution is 2.35. The van der Waals surface area contributed by atoms with Crippen molar-refractivity contribution >= 4 is 21.9 Å². The van der Waals surface area contributed by atoms with Gasteiger partial charge in [-0.2, -0.15) is 0 Å². The topological polar surface area (TPSA) is 26.0 Å². The number of benzene rings is 2. The summed E-state index contributed by atoms with van der Waals surface area (Å²) < 4.78 is 22.8. The first-order chi connectivity index (χ1) is 12.0. The molecule has 4 rings (SSSR count). The first kappa shape index (κ1) is 11.9. The molecule has 0 fully saturated rings. The Morgan fingerprint density at radius 2 is 1.87 bits per heavy atom. The monoisotopic (exact) mass is 303 g/mol. The zero-order valence-electron chi connectivity index (χ0n) is 15.2. The lowest BCUT2D eigenvalue weighted by Crippen LogP contribution is -1.95. The number of furan rings is 1. The molecule has 0 saturated heterocycles. The molecule has 23 heavy (non-hydrogen) atoms. The van der Waals surface area contributed by atoms with E-state index in [0.29, 0.717) is 5.56 Å². The number of nitrogens with zero attached hydrogens (tertiary/aromatic N) is 1. The van der Waals surface area contributed by atoms with E-state index in [1.54, 1.807) is 12.3 Å². The Labute approximate surface area is 138 Å². The van der Waals surface area contributed by atoms with E-state index in [1.807, 2.05) is 62.4 Å². The van der Waals surface area contributed by atoms with Crippen molar-refractivity contribution in [2.24, 2.45) is 5.92 Å². The highest BCUT2D eigenvalue weighted by atomic mass is 16.3. The van der Waals surface area contributed by atoms with E-state index in [4.69, 9.17) is 7.16 Å². The molecule has 0 aliphatic rings. The first-order valence-corrected chi connectivity index (χ1v) is 7.85. The number of rotatable bonds is 3. The van der Waals surface area contributed by atoms with Crippen LogP contribution in [0.2, 0.25) is 0 Å². The molecule has 0 aliphatic heterocycles. The van der Waals surface area contributed by atoms with Gasteiger partial charge in [0.05, 0.1) is 5.69 Å². The minimum absolute atomic E-state index is 0.121. The summed E-state index contributed by atoms with van der Waals surface area (Å²) in [7, 11) is 0. The lowest BCUT2D eigenvalue weighted by molar-refractivity contribution is 0.647. The summed E-state index contributed by atoms with van der Waals surface area (Å²) in [6.07, 6.45) is 0.270. The molecule has 0 spiro atoms. The normalized spacial score (nSPS) is 13.5. The predicted molar refractivity (Wildman–Crippen MR) is 95.5 cm³/mol. The summed E-state index contributed by atoms with van der Waals surface area (Å²) in [5.74, 6) is -0.121. The molecule has 0 atom stereocenters. The Balaban J connectivity index is 1.94.